The maximum atomic E-state index is 11.9. The van der Waals surface area contributed by atoms with Crippen LogP contribution in [-0.2, 0) is 28.5 Å². The van der Waals surface area contributed by atoms with E-state index in [1.54, 1.807) is 55.4 Å². The predicted octanol–water partition coefficient (Wildman–Crippen LogP) is 1.44. The highest BCUT2D eigenvalue weighted by molar-refractivity contribution is 5.85. The number of carbonyl (C=O) groups excluding carboxylic acids is 5. The first-order valence-electron chi connectivity index (χ1n) is 13.6. The van der Waals surface area contributed by atoms with Gasteiger partial charge < -0.3 is 56.4 Å². The highest BCUT2D eigenvalue weighted by atomic mass is 16.6. The van der Waals surface area contributed by atoms with E-state index in [2.05, 4.69) is 36.1 Å². The van der Waals surface area contributed by atoms with Gasteiger partial charge in [-0.05, 0) is 54.4 Å². The number of carboxylic acid groups (broad SMARTS) is 1. The monoisotopic (exact) mass is 624 g/mol. The fourth-order valence-corrected chi connectivity index (χ4v) is 2.38. The standard InChI is InChI=1S/C13H25N3O5.C9H17NO4.C4H10N2O2/c1-6-9(16-12(19)21-13(2,3)4)10(17)14-7-8-15-11(18)20-5;1-5-6(7(11)12)10-8(13)14-9(2,3)4;1-8-4(7)6-3-2-5/h9H,6-8H2,1-5H3,(H,14,17)(H,15,18)(H,16,19);6H,5H2,1-4H3,(H,10,13)(H,11,12);2-3,5H2,1H3,(H,6,7)/t9-;6-;/m00./s1. The average Bonchev–Trinajstić information content (AvgIpc) is 2.89. The van der Waals surface area contributed by atoms with Crippen molar-refractivity contribution in [2.75, 3.05) is 40.4 Å². The van der Waals surface area contributed by atoms with E-state index < -0.39 is 53.6 Å². The zero-order valence-electron chi connectivity index (χ0n) is 27.0. The van der Waals surface area contributed by atoms with Crippen molar-refractivity contribution in [2.45, 2.75) is 91.5 Å². The van der Waals surface area contributed by atoms with Crippen LogP contribution in [0.2, 0.25) is 0 Å². The number of alkyl carbamates (subject to hydrolysis) is 4. The molecule has 0 aromatic carbocycles. The molecular formula is C26H52N6O11. The van der Waals surface area contributed by atoms with Gasteiger partial charge in [0.25, 0.3) is 0 Å². The van der Waals surface area contributed by atoms with Gasteiger partial charge in [-0.1, -0.05) is 13.8 Å². The van der Waals surface area contributed by atoms with Gasteiger partial charge in [-0.2, -0.15) is 0 Å². The summed E-state index contributed by atoms with van der Waals surface area (Å²) in [5.41, 5.74) is 3.83. The van der Waals surface area contributed by atoms with Crippen molar-refractivity contribution in [3.8, 4) is 0 Å². The van der Waals surface area contributed by atoms with Gasteiger partial charge in [0.15, 0.2) is 0 Å². The number of rotatable bonds is 11. The first-order valence-corrected chi connectivity index (χ1v) is 13.6. The molecule has 0 spiro atoms. The molecule has 0 aliphatic heterocycles. The largest absolute Gasteiger partial charge is 0.480 e. The first-order chi connectivity index (χ1) is 19.8. The zero-order valence-corrected chi connectivity index (χ0v) is 27.0. The van der Waals surface area contributed by atoms with Crippen LogP contribution in [0.4, 0.5) is 19.2 Å². The molecular weight excluding hydrogens is 572 g/mol. The van der Waals surface area contributed by atoms with Crippen molar-refractivity contribution < 1.29 is 52.8 Å². The third-order valence-corrected chi connectivity index (χ3v) is 4.29. The summed E-state index contributed by atoms with van der Waals surface area (Å²) in [6.07, 6.45) is -1.59. The molecule has 0 fully saturated rings. The van der Waals surface area contributed by atoms with Crippen LogP contribution in [0.25, 0.3) is 0 Å². The van der Waals surface area contributed by atoms with E-state index in [1.165, 1.54) is 14.2 Å². The normalized spacial score (nSPS) is 11.7. The van der Waals surface area contributed by atoms with Gasteiger partial charge in [0.05, 0.1) is 14.2 Å². The molecule has 5 amide bonds. The lowest BCUT2D eigenvalue weighted by atomic mass is 10.2. The minimum absolute atomic E-state index is 0.237. The SMILES string of the molecule is CC[C@H](NC(=O)OC(C)(C)C)C(=O)NCCNC(=O)OC.CC[C@H](NC(=O)OC(C)(C)C)C(=O)O.COC(=O)NCCN. The lowest BCUT2D eigenvalue weighted by Crippen LogP contribution is -2.49. The summed E-state index contributed by atoms with van der Waals surface area (Å²) < 4.78 is 18.6. The molecule has 8 N–H and O–H groups in total. The smallest absolute Gasteiger partial charge is 0.408 e. The average molecular weight is 625 g/mol. The maximum absolute atomic E-state index is 11.9. The van der Waals surface area contributed by atoms with E-state index in [4.69, 9.17) is 20.3 Å². The van der Waals surface area contributed by atoms with Crippen LogP contribution in [0, 0.1) is 0 Å². The molecule has 252 valence electrons. The highest BCUT2D eigenvalue weighted by Crippen LogP contribution is 2.08. The number of nitrogens with one attached hydrogen (secondary N) is 5. The van der Waals surface area contributed by atoms with Crippen molar-refractivity contribution >= 4 is 36.2 Å². The summed E-state index contributed by atoms with van der Waals surface area (Å²) in [5.74, 6) is -1.40. The van der Waals surface area contributed by atoms with Crippen molar-refractivity contribution in [2.24, 2.45) is 5.73 Å². The number of hydrogen-bond acceptors (Lipinski definition) is 11. The minimum atomic E-state index is -1.06. The second kappa shape index (κ2) is 23.5. The van der Waals surface area contributed by atoms with Gasteiger partial charge in [0.2, 0.25) is 5.91 Å². The lowest BCUT2D eigenvalue weighted by Gasteiger charge is -2.22. The highest BCUT2D eigenvalue weighted by Gasteiger charge is 2.23. The molecule has 17 nitrogen and oxygen atoms in total. The Hall–Kier alpha value is -4.02. The van der Waals surface area contributed by atoms with E-state index in [0.29, 0.717) is 25.9 Å². The number of hydrogen-bond donors (Lipinski definition) is 7. The molecule has 0 aromatic rings. The number of carboxylic acids is 1. The number of ether oxygens (including phenoxy) is 4. The van der Waals surface area contributed by atoms with E-state index >= 15 is 0 Å². The molecule has 0 aliphatic carbocycles. The number of amides is 5. The third kappa shape index (κ3) is 29.3. The number of methoxy groups -OCH3 is 2. The number of nitrogens with two attached hydrogens (primary N) is 1. The van der Waals surface area contributed by atoms with E-state index in [-0.39, 0.29) is 19.0 Å². The molecule has 0 aliphatic rings. The molecule has 0 unspecified atom stereocenters. The summed E-state index contributed by atoms with van der Waals surface area (Å²) in [4.78, 5) is 66.2. The van der Waals surface area contributed by atoms with Gasteiger partial charge in [0, 0.05) is 26.2 Å². The molecule has 17 heteroatoms. The second-order valence-electron chi connectivity index (χ2n) is 10.5. The summed E-state index contributed by atoms with van der Waals surface area (Å²) in [7, 11) is 2.57. The van der Waals surface area contributed by atoms with E-state index in [0.717, 1.165) is 0 Å². The van der Waals surface area contributed by atoms with E-state index in [9.17, 15) is 28.8 Å². The Morgan fingerprint density at radius 1 is 0.651 bits per heavy atom. The van der Waals surface area contributed by atoms with Crippen LogP contribution in [-0.4, -0.2) is 105 Å². The van der Waals surface area contributed by atoms with Crippen molar-refractivity contribution in [3.05, 3.63) is 0 Å². The number of carbonyl (C=O) groups is 6. The van der Waals surface area contributed by atoms with Gasteiger partial charge in [-0.3, -0.25) is 4.79 Å². The van der Waals surface area contributed by atoms with Crippen LogP contribution in [0.1, 0.15) is 68.2 Å². The van der Waals surface area contributed by atoms with Gasteiger partial charge in [0.1, 0.15) is 23.3 Å². The Labute approximate surface area is 253 Å². The topological polar surface area (TPSA) is 246 Å². The van der Waals surface area contributed by atoms with Crippen LogP contribution < -0.4 is 32.3 Å². The van der Waals surface area contributed by atoms with Crippen LogP contribution in [0.3, 0.4) is 0 Å². The van der Waals surface area contributed by atoms with Crippen molar-refractivity contribution in [3.63, 3.8) is 0 Å². The zero-order chi connectivity index (χ0) is 34.2. The third-order valence-electron chi connectivity index (χ3n) is 4.29. The molecule has 0 radical (unpaired) electrons. The molecule has 0 aromatic heterocycles. The molecule has 0 saturated heterocycles. The molecule has 0 rings (SSSR count). The van der Waals surface area contributed by atoms with Crippen LogP contribution in [0.15, 0.2) is 0 Å². The fraction of sp³-hybridized carbons (Fsp3) is 0.769. The second-order valence-corrected chi connectivity index (χ2v) is 10.5. The Morgan fingerprint density at radius 3 is 1.35 bits per heavy atom. The lowest BCUT2D eigenvalue weighted by molar-refractivity contribution is -0.139. The quantitative estimate of drug-likeness (QED) is 0.127. The Morgan fingerprint density at radius 2 is 1.02 bits per heavy atom. The minimum Gasteiger partial charge on any atom is -0.480 e. The van der Waals surface area contributed by atoms with E-state index in [1.807, 2.05) is 0 Å². The van der Waals surface area contributed by atoms with Crippen LogP contribution in [0.5, 0.6) is 0 Å². The Balaban J connectivity index is -0.000000623. The van der Waals surface area contributed by atoms with Crippen molar-refractivity contribution in [1.29, 1.82) is 0 Å². The van der Waals surface area contributed by atoms with Crippen molar-refractivity contribution in [1.82, 2.24) is 26.6 Å². The Kier molecular flexibility index (Phi) is 23.8. The van der Waals surface area contributed by atoms with Crippen LogP contribution >= 0.6 is 0 Å². The summed E-state index contributed by atoms with van der Waals surface area (Å²) in [5, 5.41) is 20.8. The Bertz CT molecular complexity index is 858. The molecule has 2 atom stereocenters. The maximum Gasteiger partial charge on any atom is 0.408 e. The van der Waals surface area contributed by atoms with Gasteiger partial charge >= 0.3 is 30.3 Å². The fourth-order valence-electron chi connectivity index (χ4n) is 2.38. The predicted molar refractivity (Wildman–Crippen MR) is 157 cm³/mol. The summed E-state index contributed by atoms with van der Waals surface area (Å²) in [6.45, 7) is 15.2. The van der Waals surface area contributed by atoms with Gasteiger partial charge in [-0.25, -0.2) is 24.0 Å². The summed E-state index contributed by atoms with van der Waals surface area (Å²) in [6, 6.07) is -1.57. The molecule has 0 heterocycles. The first kappa shape index (κ1) is 43.4. The van der Waals surface area contributed by atoms with Gasteiger partial charge in [-0.15, -0.1) is 0 Å². The molecule has 0 saturated carbocycles. The summed E-state index contributed by atoms with van der Waals surface area (Å²) >= 11 is 0. The molecule has 0 bridgehead atoms. The molecule has 43 heavy (non-hydrogen) atoms. The number of aliphatic carboxylic acids is 1.